The number of hydrogen-bond donors (Lipinski definition) is 1. The van der Waals surface area contributed by atoms with Gasteiger partial charge in [-0.05, 0) is 38.7 Å². The second-order valence-corrected chi connectivity index (χ2v) is 4.89. The van der Waals surface area contributed by atoms with E-state index in [1.54, 1.807) is 0 Å². The van der Waals surface area contributed by atoms with Crippen LogP contribution in [0.4, 0.5) is 0 Å². The number of hydrogen-bond acceptors (Lipinski definition) is 4. The summed E-state index contributed by atoms with van der Waals surface area (Å²) in [5, 5.41) is 0. The highest BCUT2D eigenvalue weighted by atomic mass is 15.2. The van der Waals surface area contributed by atoms with Gasteiger partial charge in [-0.15, -0.1) is 0 Å². The highest BCUT2D eigenvalue weighted by molar-refractivity contribution is 5.19. The minimum atomic E-state index is 0.566. The van der Waals surface area contributed by atoms with E-state index in [1.807, 2.05) is 12.3 Å². The predicted octanol–water partition coefficient (Wildman–Crippen LogP) is 1.31. The molecule has 0 spiro atoms. The van der Waals surface area contributed by atoms with E-state index in [4.69, 9.17) is 5.73 Å². The van der Waals surface area contributed by atoms with Crippen molar-refractivity contribution in [2.75, 3.05) is 33.7 Å². The molecule has 0 bridgehead atoms. The molecule has 1 aromatic rings. The van der Waals surface area contributed by atoms with Crippen LogP contribution in [0.3, 0.4) is 0 Å². The number of likely N-dealkylation sites (N-methyl/N-ethyl adjacent to an activating group) is 1. The maximum atomic E-state index is 5.76. The van der Waals surface area contributed by atoms with Crippen LogP contribution < -0.4 is 5.73 Å². The largest absolute Gasteiger partial charge is 0.326 e. The lowest BCUT2D eigenvalue weighted by molar-refractivity contribution is 0.231. The molecule has 0 saturated heterocycles. The molecule has 4 nitrogen and oxygen atoms in total. The van der Waals surface area contributed by atoms with Gasteiger partial charge < -0.3 is 10.6 Å². The highest BCUT2D eigenvalue weighted by Gasteiger charge is 2.09. The smallest absolute Gasteiger partial charge is 0.0588 e. The van der Waals surface area contributed by atoms with Crippen molar-refractivity contribution >= 4 is 0 Å². The lowest BCUT2D eigenvalue weighted by Crippen LogP contribution is -2.32. The first-order chi connectivity index (χ1) is 8.67. The van der Waals surface area contributed by atoms with Gasteiger partial charge in [-0.1, -0.05) is 13.0 Å². The van der Waals surface area contributed by atoms with E-state index in [9.17, 15) is 0 Å². The Hall–Kier alpha value is -0.970. The van der Waals surface area contributed by atoms with Crippen LogP contribution in [0.25, 0.3) is 0 Å². The van der Waals surface area contributed by atoms with Crippen LogP contribution in [0.15, 0.2) is 18.3 Å². The first kappa shape index (κ1) is 15.1. The van der Waals surface area contributed by atoms with Gasteiger partial charge in [-0.25, -0.2) is 0 Å². The molecule has 0 atom stereocenters. The molecule has 0 aliphatic heterocycles. The van der Waals surface area contributed by atoms with E-state index in [0.29, 0.717) is 6.54 Å². The first-order valence-electron chi connectivity index (χ1n) is 6.67. The summed E-state index contributed by atoms with van der Waals surface area (Å²) >= 11 is 0. The van der Waals surface area contributed by atoms with Crippen LogP contribution in [0, 0.1) is 0 Å². The maximum absolute atomic E-state index is 5.76. The van der Waals surface area contributed by atoms with E-state index >= 15 is 0 Å². The molecular formula is C14H26N4. The summed E-state index contributed by atoms with van der Waals surface area (Å²) in [6.07, 6.45) is 3.02. The SMILES string of the molecule is CCCN(CCN(C)C)Cc1ncccc1CN. The zero-order chi connectivity index (χ0) is 13.4. The highest BCUT2D eigenvalue weighted by Crippen LogP contribution is 2.08. The van der Waals surface area contributed by atoms with Crippen molar-refractivity contribution in [2.24, 2.45) is 5.73 Å². The number of pyridine rings is 1. The summed E-state index contributed by atoms with van der Waals surface area (Å²) in [5.74, 6) is 0. The van der Waals surface area contributed by atoms with Crippen LogP contribution in [-0.4, -0.2) is 48.5 Å². The molecule has 0 unspecified atom stereocenters. The molecule has 0 aromatic carbocycles. The molecular weight excluding hydrogens is 224 g/mol. The molecule has 18 heavy (non-hydrogen) atoms. The van der Waals surface area contributed by atoms with Gasteiger partial charge in [0.1, 0.15) is 0 Å². The summed E-state index contributed by atoms with van der Waals surface area (Å²) < 4.78 is 0. The molecule has 0 radical (unpaired) electrons. The summed E-state index contributed by atoms with van der Waals surface area (Å²) in [7, 11) is 4.21. The van der Waals surface area contributed by atoms with Gasteiger partial charge in [0.05, 0.1) is 5.69 Å². The van der Waals surface area contributed by atoms with Gasteiger partial charge >= 0.3 is 0 Å². The van der Waals surface area contributed by atoms with Gasteiger partial charge in [-0.3, -0.25) is 9.88 Å². The fourth-order valence-electron chi connectivity index (χ4n) is 1.94. The summed E-state index contributed by atoms with van der Waals surface area (Å²) in [5.41, 5.74) is 8.03. The van der Waals surface area contributed by atoms with Crippen molar-refractivity contribution in [1.29, 1.82) is 0 Å². The van der Waals surface area contributed by atoms with Crippen molar-refractivity contribution in [3.63, 3.8) is 0 Å². The third-order valence-corrected chi connectivity index (χ3v) is 2.98. The molecule has 0 saturated carbocycles. The van der Waals surface area contributed by atoms with Gasteiger partial charge in [0.2, 0.25) is 0 Å². The summed E-state index contributed by atoms with van der Waals surface area (Å²) in [4.78, 5) is 9.12. The molecule has 1 heterocycles. The molecule has 2 N–H and O–H groups in total. The average Bonchev–Trinajstić information content (AvgIpc) is 2.37. The molecule has 1 aromatic heterocycles. The topological polar surface area (TPSA) is 45.4 Å². The molecule has 102 valence electrons. The van der Waals surface area contributed by atoms with E-state index < -0.39 is 0 Å². The van der Waals surface area contributed by atoms with Crippen molar-refractivity contribution in [3.05, 3.63) is 29.6 Å². The minimum absolute atomic E-state index is 0.566. The predicted molar refractivity (Wildman–Crippen MR) is 76.3 cm³/mol. The molecule has 4 heteroatoms. The molecule has 0 amide bonds. The van der Waals surface area contributed by atoms with Crippen molar-refractivity contribution in [1.82, 2.24) is 14.8 Å². The monoisotopic (exact) mass is 250 g/mol. The first-order valence-corrected chi connectivity index (χ1v) is 6.67. The fraction of sp³-hybridized carbons (Fsp3) is 0.643. The van der Waals surface area contributed by atoms with E-state index in [1.165, 1.54) is 0 Å². The van der Waals surface area contributed by atoms with Gasteiger partial charge in [0, 0.05) is 32.4 Å². The Balaban J connectivity index is 2.63. The van der Waals surface area contributed by atoms with Crippen LogP contribution in [0.5, 0.6) is 0 Å². The molecule has 1 rings (SSSR count). The normalized spacial score (nSPS) is 11.4. The Bertz CT molecular complexity index is 338. The minimum Gasteiger partial charge on any atom is -0.326 e. The summed E-state index contributed by atoms with van der Waals surface area (Å²) in [6.45, 7) is 6.93. The van der Waals surface area contributed by atoms with Crippen LogP contribution >= 0.6 is 0 Å². The maximum Gasteiger partial charge on any atom is 0.0588 e. The quantitative estimate of drug-likeness (QED) is 0.756. The van der Waals surface area contributed by atoms with Crippen molar-refractivity contribution in [2.45, 2.75) is 26.4 Å². The Morgan fingerprint density at radius 2 is 2.00 bits per heavy atom. The van der Waals surface area contributed by atoms with Gasteiger partial charge in [0.15, 0.2) is 0 Å². The third kappa shape index (κ3) is 5.12. The Morgan fingerprint density at radius 1 is 1.22 bits per heavy atom. The van der Waals surface area contributed by atoms with Gasteiger partial charge in [-0.2, -0.15) is 0 Å². The number of nitrogens with zero attached hydrogens (tertiary/aromatic N) is 3. The average molecular weight is 250 g/mol. The van der Waals surface area contributed by atoms with E-state index in [-0.39, 0.29) is 0 Å². The number of aromatic nitrogens is 1. The Kier molecular flexibility index (Phi) is 6.86. The second-order valence-electron chi connectivity index (χ2n) is 4.89. The van der Waals surface area contributed by atoms with E-state index in [2.05, 4.69) is 41.9 Å². The van der Waals surface area contributed by atoms with Crippen LogP contribution in [0.2, 0.25) is 0 Å². The van der Waals surface area contributed by atoms with Crippen molar-refractivity contribution < 1.29 is 0 Å². The molecule has 0 fully saturated rings. The van der Waals surface area contributed by atoms with Crippen LogP contribution in [0.1, 0.15) is 24.6 Å². The third-order valence-electron chi connectivity index (χ3n) is 2.98. The number of nitrogens with two attached hydrogens (primary N) is 1. The molecule has 0 aliphatic rings. The zero-order valence-corrected chi connectivity index (χ0v) is 11.9. The lowest BCUT2D eigenvalue weighted by Gasteiger charge is -2.24. The number of rotatable bonds is 8. The van der Waals surface area contributed by atoms with Gasteiger partial charge in [0.25, 0.3) is 0 Å². The molecule has 0 aliphatic carbocycles. The summed E-state index contributed by atoms with van der Waals surface area (Å²) in [6, 6.07) is 4.02. The lowest BCUT2D eigenvalue weighted by atomic mass is 10.2. The Labute approximate surface area is 111 Å². The van der Waals surface area contributed by atoms with Crippen molar-refractivity contribution in [3.8, 4) is 0 Å². The second kappa shape index (κ2) is 8.19. The fourth-order valence-corrected chi connectivity index (χ4v) is 1.94. The van der Waals surface area contributed by atoms with E-state index in [0.717, 1.165) is 43.9 Å². The van der Waals surface area contributed by atoms with Crippen LogP contribution in [-0.2, 0) is 13.1 Å². The zero-order valence-electron chi connectivity index (χ0n) is 11.9. The Morgan fingerprint density at radius 3 is 2.61 bits per heavy atom. The standard InChI is InChI=1S/C14H26N4/c1-4-8-18(10-9-17(2)3)12-14-13(11-15)6-5-7-16-14/h5-7H,4,8-12,15H2,1-3H3.